The molecule has 0 spiro atoms. The first-order valence-electron chi connectivity index (χ1n) is 15.8. The number of carboxylic acids is 1. The molecule has 0 aromatic carbocycles. The highest BCUT2D eigenvalue weighted by Crippen LogP contribution is 2.28. The zero-order valence-corrected chi connectivity index (χ0v) is 28.9. The van der Waals surface area contributed by atoms with Crippen molar-refractivity contribution in [3.8, 4) is 0 Å². The predicted molar refractivity (Wildman–Crippen MR) is 183 cm³/mol. The molecule has 260 valence electrons. The fraction of sp³-hybridized carbons (Fsp3) is 0.677. The zero-order chi connectivity index (χ0) is 32.5. The molecule has 15 heteroatoms. The monoisotopic (exact) mass is 718 g/mol. The van der Waals surface area contributed by atoms with Gasteiger partial charge in [-0.05, 0) is 74.3 Å². The summed E-state index contributed by atoms with van der Waals surface area (Å²) >= 11 is 2.39. The molecule has 1 amide bonds. The van der Waals surface area contributed by atoms with Gasteiger partial charge in [-0.1, -0.05) is 45.2 Å². The van der Waals surface area contributed by atoms with E-state index in [0.29, 0.717) is 42.7 Å². The molecule has 11 nitrogen and oxygen atoms in total. The first-order valence-corrected chi connectivity index (χ1v) is 20.5. The molecule has 2 saturated carbocycles. The number of aliphatic carboxylic acids is 1. The predicted octanol–water partition coefficient (Wildman–Crippen LogP) is 4.96. The van der Waals surface area contributed by atoms with E-state index in [0.717, 1.165) is 37.0 Å². The number of piperidine rings is 2. The van der Waals surface area contributed by atoms with Gasteiger partial charge in [-0.2, -0.15) is 8.61 Å². The highest BCUT2D eigenvalue weighted by Gasteiger charge is 2.35. The van der Waals surface area contributed by atoms with Crippen LogP contribution in [0.4, 0.5) is 0 Å². The Balaban J connectivity index is 0.000000212. The van der Waals surface area contributed by atoms with Gasteiger partial charge in [0, 0.05) is 38.3 Å². The topological polar surface area (TPSA) is 167 Å². The number of nitrogens with zero attached hydrogens (tertiary/aromatic N) is 2. The van der Waals surface area contributed by atoms with E-state index in [2.05, 4.69) is 5.32 Å². The number of hydrogen-bond acceptors (Lipinski definition) is 9. The first-order chi connectivity index (χ1) is 21.5. The van der Waals surface area contributed by atoms with Crippen molar-refractivity contribution >= 4 is 54.6 Å². The van der Waals surface area contributed by atoms with Crippen molar-refractivity contribution in [1.29, 1.82) is 0 Å². The van der Waals surface area contributed by atoms with Crippen LogP contribution in [0.2, 0.25) is 0 Å². The third-order valence-corrected chi connectivity index (χ3v) is 15.2. The van der Waals surface area contributed by atoms with Gasteiger partial charge in [0.25, 0.3) is 20.0 Å². The number of amides is 1. The number of sulfonamides is 2. The number of hydrogen-bond donors (Lipinski definition) is 3. The maximum atomic E-state index is 12.6. The number of carbonyl (C=O) groups is 2. The molecule has 0 unspecified atom stereocenters. The van der Waals surface area contributed by atoms with Gasteiger partial charge < -0.3 is 16.2 Å². The minimum atomic E-state index is -3.50. The minimum absolute atomic E-state index is 0. The fourth-order valence-electron chi connectivity index (χ4n) is 6.16. The molecule has 2 saturated heterocycles. The molecule has 2 aromatic heterocycles. The van der Waals surface area contributed by atoms with Crippen LogP contribution in [-0.2, 0) is 29.6 Å². The second-order valence-corrected chi connectivity index (χ2v) is 18.4. The van der Waals surface area contributed by atoms with E-state index in [1.807, 2.05) is 0 Å². The van der Waals surface area contributed by atoms with Gasteiger partial charge in [0.05, 0.1) is 11.8 Å². The highest BCUT2D eigenvalue weighted by atomic mass is 32.3. The van der Waals surface area contributed by atoms with E-state index in [-0.39, 0.29) is 36.0 Å². The van der Waals surface area contributed by atoms with Crippen LogP contribution in [0.5, 0.6) is 0 Å². The molecule has 0 radical (unpaired) electrons. The van der Waals surface area contributed by atoms with E-state index in [9.17, 15) is 26.4 Å². The number of carbonyl (C=O) groups excluding carboxylic acids is 1. The molecule has 6 rings (SSSR count). The minimum Gasteiger partial charge on any atom is -0.481 e. The Morgan fingerprint density at radius 2 is 1.20 bits per heavy atom. The van der Waals surface area contributed by atoms with Gasteiger partial charge in [-0.25, -0.2) is 16.8 Å². The standard InChI is InChI=1S/C15H22N2O3S2.C10H13NO4S2.C5H11N.CH4/c18-15(16-13-6-1-2-7-13)12-5-3-9-17(11-12)22(19,20)14-8-4-10-21-14;12-10(13)8-3-1-5-11(7-8)17(14,15)9-4-2-6-16-9;6-5-3-1-2-4-5;/h4,8,10,12-13H,1-3,5-7,9,11H2,(H,16,18);2,4,6,8H,1,3,5,7H2,(H,12,13);5H,1-4,6H2;1H4/t12-;8-;;/m00../s1. The lowest BCUT2D eigenvalue weighted by Gasteiger charge is -2.31. The van der Waals surface area contributed by atoms with Crippen molar-refractivity contribution in [2.45, 2.75) is 105 Å². The number of rotatable bonds is 7. The van der Waals surface area contributed by atoms with Gasteiger partial charge in [0.2, 0.25) is 5.91 Å². The second-order valence-electron chi connectivity index (χ2n) is 12.1. The van der Waals surface area contributed by atoms with Gasteiger partial charge in [0.1, 0.15) is 8.42 Å². The largest absolute Gasteiger partial charge is 0.481 e. The Morgan fingerprint density at radius 1 is 0.739 bits per heavy atom. The van der Waals surface area contributed by atoms with E-state index >= 15 is 0 Å². The van der Waals surface area contributed by atoms with E-state index in [4.69, 9.17) is 10.8 Å². The molecule has 2 atom stereocenters. The third-order valence-electron chi connectivity index (χ3n) is 8.77. The van der Waals surface area contributed by atoms with Gasteiger partial charge in [-0.15, -0.1) is 22.7 Å². The van der Waals surface area contributed by atoms with Gasteiger partial charge >= 0.3 is 5.97 Å². The number of thiophene rings is 2. The summed E-state index contributed by atoms with van der Waals surface area (Å²) in [6, 6.07) is 7.43. The molecule has 0 bridgehead atoms. The Bertz CT molecular complexity index is 1420. The summed E-state index contributed by atoms with van der Waals surface area (Å²) in [5.41, 5.74) is 5.53. The van der Waals surface area contributed by atoms with E-state index in [1.165, 1.54) is 58.5 Å². The number of nitrogens with two attached hydrogens (primary N) is 1. The summed E-state index contributed by atoms with van der Waals surface area (Å²) < 4.78 is 52.8. The summed E-state index contributed by atoms with van der Waals surface area (Å²) in [6.45, 7) is 1.30. The maximum Gasteiger partial charge on any atom is 0.307 e. The van der Waals surface area contributed by atoms with Crippen LogP contribution in [0.25, 0.3) is 0 Å². The Labute approximate surface area is 282 Å². The number of nitrogens with one attached hydrogen (secondary N) is 1. The van der Waals surface area contributed by atoms with Crippen molar-refractivity contribution in [2.24, 2.45) is 17.6 Å². The average Bonchev–Trinajstić information content (AvgIpc) is 3.87. The van der Waals surface area contributed by atoms with Crippen molar-refractivity contribution in [1.82, 2.24) is 13.9 Å². The molecule has 2 aliphatic heterocycles. The molecule has 4 N–H and O–H groups in total. The lowest BCUT2D eigenvalue weighted by Crippen LogP contribution is -2.47. The van der Waals surface area contributed by atoms with Crippen LogP contribution >= 0.6 is 22.7 Å². The van der Waals surface area contributed by atoms with Crippen molar-refractivity contribution < 1.29 is 31.5 Å². The second kappa shape index (κ2) is 18.0. The molecule has 4 fully saturated rings. The van der Waals surface area contributed by atoms with E-state index in [1.54, 1.807) is 35.0 Å². The van der Waals surface area contributed by atoms with Crippen molar-refractivity contribution in [2.75, 3.05) is 26.2 Å². The van der Waals surface area contributed by atoms with Gasteiger partial charge in [-0.3, -0.25) is 9.59 Å². The molecule has 4 aliphatic rings. The Kier molecular flexibility index (Phi) is 15.1. The molecule has 4 heterocycles. The van der Waals surface area contributed by atoms with Crippen LogP contribution in [0.15, 0.2) is 43.4 Å². The first kappa shape index (κ1) is 38.6. The molecular formula is C31H50N4O7S4. The summed E-state index contributed by atoms with van der Waals surface area (Å²) in [7, 11) is -6.94. The smallest absolute Gasteiger partial charge is 0.307 e. The van der Waals surface area contributed by atoms with Crippen molar-refractivity contribution in [3.05, 3.63) is 35.0 Å². The molecule has 46 heavy (non-hydrogen) atoms. The Morgan fingerprint density at radius 3 is 1.61 bits per heavy atom. The maximum absolute atomic E-state index is 12.6. The Hall–Kier alpha value is -1.88. The molecule has 2 aliphatic carbocycles. The summed E-state index contributed by atoms with van der Waals surface area (Å²) in [5.74, 6) is -1.70. The van der Waals surface area contributed by atoms with Crippen LogP contribution in [0, 0.1) is 11.8 Å². The lowest BCUT2D eigenvalue weighted by atomic mass is 9.98. The summed E-state index contributed by atoms with van der Waals surface area (Å²) in [5, 5.41) is 15.5. The van der Waals surface area contributed by atoms with Gasteiger partial charge in [0.15, 0.2) is 0 Å². The molecule has 2 aromatic rings. The molecular weight excluding hydrogens is 669 g/mol. The average molecular weight is 719 g/mol. The number of carboxylic acid groups (broad SMARTS) is 1. The van der Waals surface area contributed by atoms with Crippen LogP contribution in [0.1, 0.15) is 84.5 Å². The summed E-state index contributed by atoms with van der Waals surface area (Å²) in [6.07, 6.45) is 12.4. The van der Waals surface area contributed by atoms with Crippen LogP contribution in [-0.4, -0.2) is 80.7 Å². The zero-order valence-electron chi connectivity index (χ0n) is 25.6. The van der Waals surface area contributed by atoms with E-state index < -0.39 is 31.9 Å². The van der Waals surface area contributed by atoms with Crippen LogP contribution in [0.3, 0.4) is 0 Å². The highest BCUT2D eigenvalue weighted by molar-refractivity contribution is 7.91. The van der Waals surface area contributed by atoms with Crippen LogP contribution < -0.4 is 11.1 Å². The fourth-order valence-corrected chi connectivity index (χ4v) is 11.5. The SMILES string of the molecule is C.NC1CCCC1.O=C(NC1CCCC1)[C@H]1CCCN(S(=O)(=O)c2cccs2)C1.O=C(O)[C@H]1CCCN(S(=O)(=O)c2cccs2)C1. The quantitative estimate of drug-likeness (QED) is 0.361. The van der Waals surface area contributed by atoms with Crippen molar-refractivity contribution in [3.63, 3.8) is 0 Å². The third kappa shape index (κ3) is 10.6. The normalized spacial score (nSPS) is 23.3. The lowest BCUT2D eigenvalue weighted by molar-refractivity contribution is -0.142. The summed E-state index contributed by atoms with van der Waals surface area (Å²) in [4.78, 5) is 23.3.